The van der Waals surface area contributed by atoms with Gasteiger partial charge in [-0.2, -0.15) is 0 Å². The number of rotatable bonds is 3. The van der Waals surface area contributed by atoms with Crippen molar-refractivity contribution in [2.24, 2.45) is 0 Å². The highest BCUT2D eigenvalue weighted by Gasteiger charge is 1.73. The quantitative estimate of drug-likeness (QED) is 0.574. The fraction of sp³-hybridized carbons (Fsp3) is 0.667. The summed E-state index contributed by atoms with van der Waals surface area (Å²) < 4.78 is 0. The van der Waals surface area contributed by atoms with Crippen LogP contribution in [-0.4, -0.2) is 24.7 Å². The Hall–Kier alpha value is -0.110. The van der Waals surface area contributed by atoms with Gasteiger partial charge in [-0.1, -0.05) is 6.92 Å². The Bertz CT molecular complexity index is 68.9. The summed E-state index contributed by atoms with van der Waals surface area (Å²) in [4.78, 5) is 2.03. The van der Waals surface area contributed by atoms with E-state index < -0.39 is 0 Å². The number of thioether (sulfide) groups is 1. The van der Waals surface area contributed by atoms with Gasteiger partial charge in [0, 0.05) is 20.3 Å². The van der Waals surface area contributed by atoms with Crippen molar-refractivity contribution in [2.75, 3.05) is 19.8 Å². The maximum atomic E-state index is 2.14. The van der Waals surface area contributed by atoms with E-state index in [2.05, 4.69) is 12.3 Å². The second-order valence-electron chi connectivity index (χ2n) is 1.70. The first kappa shape index (κ1) is 7.89. The predicted molar refractivity (Wildman–Crippen MR) is 41.0 cm³/mol. The fourth-order valence-corrected chi connectivity index (χ4v) is 0.783. The van der Waals surface area contributed by atoms with Crippen LogP contribution in [0.5, 0.6) is 0 Å². The second-order valence-corrected chi connectivity index (χ2v) is 2.89. The minimum Gasteiger partial charge on any atom is -0.383 e. The van der Waals surface area contributed by atoms with Crippen molar-refractivity contribution < 1.29 is 0 Å². The molecule has 0 aromatic carbocycles. The van der Waals surface area contributed by atoms with E-state index in [1.54, 1.807) is 0 Å². The first-order chi connectivity index (χ1) is 3.77. The molecule has 1 nitrogen and oxygen atoms in total. The highest BCUT2D eigenvalue weighted by Crippen LogP contribution is 1.99. The fourth-order valence-electron chi connectivity index (χ4n) is 0.261. The van der Waals surface area contributed by atoms with Gasteiger partial charge in [0.2, 0.25) is 0 Å². The molecule has 0 atom stereocenters. The van der Waals surface area contributed by atoms with Crippen LogP contribution in [0.15, 0.2) is 11.6 Å². The maximum absolute atomic E-state index is 2.14. The van der Waals surface area contributed by atoms with E-state index in [1.165, 1.54) is 0 Å². The molecule has 0 N–H and O–H groups in total. The van der Waals surface area contributed by atoms with Gasteiger partial charge in [-0.3, -0.25) is 0 Å². The van der Waals surface area contributed by atoms with Crippen molar-refractivity contribution in [3.63, 3.8) is 0 Å². The van der Waals surface area contributed by atoms with Gasteiger partial charge in [0.15, 0.2) is 0 Å². The molecule has 0 aromatic rings. The molecule has 0 aliphatic rings. The minimum atomic E-state index is 1.16. The Balaban J connectivity index is 3.07. The zero-order valence-electron chi connectivity index (χ0n) is 5.72. The monoisotopic (exact) mass is 131 g/mol. The molecule has 0 unspecified atom stereocenters. The van der Waals surface area contributed by atoms with Crippen molar-refractivity contribution in [1.29, 1.82) is 0 Å². The summed E-state index contributed by atoms with van der Waals surface area (Å²) >= 11 is 1.81. The molecule has 0 saturated carbocycles. The largest absolute Gasteiger partial charge is 0.383 e. The summed E-state index contributed by atoms with van der Waals surface area (Å²) in [6.45, 7) is 2.14. The lowest BCUT2D eigenvalue weighted by Crippen LogP contribution is -1.99. The van der Waals surface area contributed by atoms with Crippen molar-refractivity contribution in [2.45, 2.75) is 6.92 Å². The van der Waals surface area contributed by atoms with Crippen LogP contribution in [0.3, 0.4) is 0 Å². The summed E-state index contributed by atoms with van der Waals surface area (Å²) in [5.74, 6) is 1.16. The Labute approximate surface area is 55.8 Å². The van der Waals surface area contributed by atoms with Crippen LogP contribution in [0, 0.1) is 0 Å². The molecule has 0 heterocycles. The molecule has 0 bridgehead atoms. The standard InChI is InChI=1S/C6H13NS/c1-4-8-6-5-7(2)3/h5-6H,4H2,1-3H3. The van der Waals surface area contributed by atoms with Gasteiger partial charge in [0.25, 0.3) is 0 Å². The smallest absolute Gasteiger partial charge is 0.00558 e. The lowest BCUT2D eigenvalue weighted by molar-refractivity contribution is 0.565. The molecule has 0 saturated heterocycles. The van der Waals surface area contributed by atoms with Crippen LogP contribution >= 0.6 is 11.8 Å². The van der Waals surface area contributed by atoms with Gasteiger partial charge in [0.1, 0.15) is 0 Å². The van der Waals surface area contributed by atoms with Crippen molar-refractivity contribution in [3.8, 4) is 0 Å². The van der Waals surface area contributed by atoms with Crippen LogP contribution in [0.2, 0.25) is 0 Å². The van der Waals surface area contributed by atoms with Gasteiger partial charge >= 0.3 is 0 Å². The van der Waals surface area contributed by atoms with Crippen LogP contribution in [-0.2, 0) is 0 Å². The molecule has 2 heteroatoms. The predicted octanol–water partition coefficient (Wildman–Crippen LogP) is 1.77. The third-order valence-electron chi connectivity index (χ3n) is 0.622. The van der Waals surface area contributed by atoms with Crippen molar-refractivity contribution in [1.82, 2.24) is 4.90 Å². The number of hydrogen-bond donors (Lipinski definition) is 0. The average molecular weight is 131 g/mol. The highest BCUT2D eigenvalue weighted by atomic mass is 32.2. The Kier molecular flexibility index (Phi) is 4.97. The third-order valence-corrected chi connectivity index (χ3v) is 1.27. The van der Waals surface area contributed by atoms with Crippen molar-refractivity contribution >= 4 is 11.8 Å². The molecule has 0 aliphatic carbocycles. The van der Waals surface area contributed by atoms with E-state index >= 15 is 0 Å². The molecule has 0 aliphatic heterocycles. The summed E-state index contributed by atoms with van der Waals surface area (Å²) in [7, 11) is 4.04. The molecular weight excluding hydrogens is 118 g/mol. The highest BCUT2D eigenvalue weighted by molar-refractivity contribution is 8.02. The van der Waals surface area contributed by atoms with Crippen LogP contribution in [0.25, 0.3) is 0 Å². The van der Waals surface area contributed by atoms with Gasteiger partial charge in [0.05, 0.1) is 0 Å². The summed E-state index contributed by atoms with van der Waals surface area (Å²) in [5, 5.41) is 2.10. The molecule has 48 valence electrons. The SMILES string of the molecule is CCSC=CN(C)C. The van der Waals surface area contributed by atoms with Gasteiger partial charge in [-0.15, -0.1) is 11.8 Å². The van der Waals surface area contributed by atoms with E-state index in [0.29, 0.717) is 0 Å². The molecule has 0 spiro atoms. The zero-order chi connectivity index (χ0) is 6.41. The van der Waals surface area contributed by atoms with Crippen LogP contribution in [0.4, 0.5) is 0 Å². The lowest BCUT2D eigenvalue weighted by atomic mass is 10.9. The average Bonchev–Trinajstić information content (AvgIpc) is 1.66. The Morgan fingerprint density at radius 3 is 2.50 bits per heavy atom. The van der Waals surface area contributed by atoms with Gasteiger partial charge in [-0.05, 0) is 11.2 Å². The molecule has 0 aromatic heterocycles. The van der Waals surface area contributed by atoms with Crippen molar-refractivity contribution in [3.05, 3.63) is 11.6 Å². The molecule has 8 heavy (non-hydrogen) atoms. The molecule has 0 rings (SSSR count). The van der Waals surface area contributed by atoms with Crippen LogP contribution in [0.1, 0.15) is 6.92 Å². The zero-order valence-corrected chi connectivity index (χ0v) is 6.53. The molecule has 0 fully saturated rings. The van der Waals surface area contributed by atoms with E-state index in [4.69, 9.17) is 0 Å². The van der Waals surface area contributed by atoms with Crippen LogP contribution < -0.4 is 0 Å². The minimum absolute atomic E-state index is 1.16. The number of nitrogens with zero attached hydrogens (tertiary/aromatic N) is 1. The Morgan fingerprint density at radius 1 is 1.50 bits per heavy atom. The number of hydrogen-bond acceptors (Lipinski definition) is 2. The lowest BCUT2D eigenvalue weighted by Gasteiger charge is -2.01. The summed E-state index contributed by atoms with van der Waals surface area (Å²) in [6.07, 6.45) is 2.05. The Morgan fingerprint density at radius 2 is 2.12 bits per heavy atom. The first-order valence-electron chi connectivity index (χ1n) is 2.72. The maximum Gasteiger partial charge on any atom is 0.00558 e. The van der Waals surface area contributed by atoms with Gasteiger partial charge < -0.3 is 4.90 Å². The van der Waals surface area contributed by atoms with E-state index in [-0.39, 0.29) is 0 Å². The molecule has 0 radical (unpaired) electrons. The van der Waals surface area contributed by atoms with E-state index in [1.807, 2.05) is 37.0 Å². The second kappa shape index (κ2) is 5.04. The summed E-state index contributed by atoms with van der Waals surface area (Å²) in [6, 6.07) is 0. The van der Waals surface area contributed by atoms with E-state index in [9.17, 15) is 0 Å². The molecule has 0 amide bonds. The molecular formula is C6H13NS. The van der Waals surface area contributed by atoms with E-state index in [0.717, 1.165) is 5.75 Å². The normalized spacial score (nSPS) is 10.4. The topological polar surface area (TPSA) is 3.24 Å². The first-order valence-corrected chi connectivity index (χ1v) is 3.77. The third kappa shape index (κ3) is 5.89. The van der Waals surface area contributed by atoms with Gasteiger partial charge in [-0.25, -0.2) is 0 Å². The summed E-state index contributed by atoms with van der Waals surface area (Å²) in [5.41, 5.74) is 0.